The van der Waals surface area contributed by atoms with Crippen molar-refractivity contribution in [3.63, 3.8) is 0 Å². The molecule has 1 N–H and O–H groups in total. The van der Waals surface area contributed by atoms with E-state index in [1.807, 2.05) is 7.05 Å². The van der Waals surface area contributed by atoms with E-state index >= 15 is 0 Å². The standard InChI is InChI=1S/C12H21N3OS/c1-3-9-5-4-6-10(7-9)16-8-11-14-15-12(13-2)17-11/h9-10H,3-8H2,1-2H3,(H,13,15). The monoisotopic (exact) mass is 255 g/mol. The van der Waals surface area contributed by atoms with Crippen molar-refractivity contribution in [1.29, 1.82) is 0 Å². The number of hydrogen-bond acceptors (Lipinski definition) is 5. The minimum Gasteiger partial charge on any atom is -0.371 e. The summed E-state index contributed by atoms with van der Waals surface area (Å²) in [6, 6.07) is 0. The van der Waals surface area contributed by atoms with Gasteiger partial charge in [-0.3, -0.25) is 0 Å². The fourth-order valence-corrected chi connectivity index (χ4v) is 2.98. The van der Waals surface area contributed by atoms with Crippen LogP contribution in [0.25, 0.3) is 0 Å². The number of nitrogens with one attached hydrogen (secondary N) is 1. The van der Waals surface area contributed by atoms with E-state index in [2.05, 4.69) is 22.4 Å². The first-order valence-corrected chi connectivity index (χ1v) is 7.25. The third-order valence-electron chi connectivity index (χ3n) is 3.44. The van der Waals surface area contributed by atoms with Crippen LogP contribution in [0.5, 0.6) is 0 Å². The van der Waals surface area contributed by atoms with Gasteiger partial charge < -0.3 is 10.1 Å². The Hall–Kier alpha value is -0.680. The minimum atomic E-state index is 0.427. The van der Waals surface area contributed by atoms with E-state index in [0.29, 0.717) is 12.7 Å². The van der Waals surface area contributed by atoms with Crippen LogP contribution in [-0.2, 0) is 11.3 Å². The van der Waals surface area contributed by atoms with Crippen molar-refractivity contribution in [2.45, 2.75) is 51.7 Å². The predicted octanol–water partition coefficient (Wildman–Crippen LogP) is 3.07. The van der Waals surface area contributed by atoms with E-state index in [1.54, 1.807) is 11.3 Å². The maximum absolute atomic E-state index is 5.94. The molecule has 1 fully saturated rings. The lowest BCUT2D eigenvalue weighted by atomic mass is 9.85. The fraction of sp³-hybridized carbons (Fsp3) is 0.833. The Morgan fingerprint density at radius 3 is 3.00 bits per heavy atom. The Kier molecular flexibility index (Phi) is 4.74. The van der Waals surface area contributed by atoms with E-state index < -0.39 is 0 Å². The average Bonchev–Trinajstić information content (AvgIpc) is 2.84. The Bertz CT molecular complexity index is 342. The quantitative estimate of drug-likeness (QED) is 0.878. The van der Waals surface area contributed by atoms with Crippen molar-refractivity contribution in [3.8, 4) is 0 Å². The molecule has 1 aromatic rings. The van der Waals surface area contributed by atoms with Crippen LogP contribution in [0.4, 0.5) is 5.13 Å². The van der Waals surface area contributed by atoms with Gasteiger partial charge in [-0.1, -0.05) is 37.5 Å². The van der Waals surface area contributed by atoms with Crippen molar-refractivity contribution >= 4 is 16.5 Å². The van der Waals surface area contributed by atoms with Gasteiger partial charge in [0.2, 0.25) is 5.13 Å². The van der Waals surface area contributed by atoms with Gasteiger partial charge in [-0.25, -0.2) is 0 Å². The summed E-state index contributed by atoms with van der Waals surface area (Å²) in [6.07, 6.45) is 6.81. The van der Waals surface area contributed by atoms with Gasteiger partial charge in [0.15, 0.2) is 0 Å². The van der Waals surface area contributed by atoms with E-state index in [-0.39, 0.29) is 0 Å². The second-order valence-corrected chi connectivity index (χ2v) is 5.69. The van der Waals surface area contributed by atoms with Gasteiger partial charge in [0.05, 0.1) is 6.10 Å². The molecule has 1 heterocycles. The molecule has 1 aliphatic carbocycles. The summed E-state index contributed by atoms with van der Waals surface area (Å²) in [5.41, 5.74) is 0. The topological polar surface area (TPSA) is 47.0 Å². The summed E-state index contributed by atoms with van der Waals surface area (Å²) >= 11 is 1.57. The number of ether oxygens (including phenoxy) is 1. The van der Waals surface area contributed by atoms with Crippen molar-refractivity contribution in [2.75, 3.05) is 12.4 Å². The molecule has 1 aliphatic rings. The molecule has 5 heteroatoms. The largest absolute Gasteiger partial charge is 0.371 e. The molecule has 17 heavy (non-hydrogen) atoms. The molecule has 0 amide bonds. The van der Waals surface area contributed by atoms with Crippen LogP contribution in [-0.4, -0.2) is 23.3 Å². The summed E-state index contributed by atoms with van der Waals surface area (Å²) in [5, 5.41) is 12.9. The Morgan fingerprint density at radius 1 is 1.41 bits per heavy atom. The molecule has 0 aliphatic heterocycles. The van der Waals surface area contributed by atoms with Gasteiger partial charge in [0.1, 0.15) is 11.6 Å². The van der Waals surface area contributed by atoms with Crippen molar-refractivity contribution in [3.05, 3.63) is 5.01 Å². The fourth-order valence-electron chi connectivity index (χ4n) is 2.37. The molecule has 1 saturated carbocycles. The van der Waals surface area contributed by atoms with E-state index in [0.717, 1.165) is 16.1 Å². The van der Waals surface area contributed by atoms with Gasteiger partial charge in [-0.15, -0.1) is 10.2 Å². The SMILES string of the molecule is CCC1CCCC(OCc2nnc(NC)s2)C1. The lowest BCUT2D eigenvalue weighted by Gasteiger charge is -2.28. The molecular weight excluding hydrogens is 234 g/mol. The second-order valence-electron chi connectivity index (χ2n) is 4.62. The molecule has 0 aromatic carbocycles. The Morgan fingerprint density at radius 2 is 2.29 bits per heavy atom. The van der Waals surface area contributed by atoms with Crippen LogP contribution in [0.1, 0.15) is 44.0 Å². The summed E-state index contributed by atoms with van der Waals surface area (Å²) in [4.78, 5) is 0. The molecule has 1 aromatic heterocycles. The summed E-state index contributed by atoms with van der Waals surface area (Å²) in [7, 11) is 1.86. The predicted molar refractivity (Wildman–Crippen MR) is 70.3 cm³/mol. The summed E-state index contributed by atoms with van der Waals surface area (Å²) < 4.78 is 5.94. The molecule has 0 saturated heterocycles. The number of nitrogens with zero attached hydrogens (tertiary/aromatic N) is 2. The zero-order chi connectivity index (χ0) is 12.1. The third-order valence-corrected chi connectivity index (χ3v) is 4.35. The molecule has 0 spiro atoms. The average molecular weight is 255 g/mol. The summed E-state index contributed by atoms with van der Waals surface area (Å²) in [6.45, 7) is 2.89. The van der Waals surface area contributed by atoms with Crippen LogP contribution >= 0.6 is 11.3 Å². The number of aromatic nitrogens is 2. The van der Waals surface area contributed by atoms with Gasteiger partial charge in [-0.2, -0.15) is 0 Å². The van der Waals surface area contributed by atoms with E-state index in [9.17, 15) is 0 Å². The maximum atomic E-state index is 5.94. The first-order valence-electron chi connectivity index (χ1n) is 6.43. The number of hydrogen-bond donors (Lipinski definition) is 1. The maximum Gasteiger partial charge on any atom is 0.205 e. The van der Waals surface area contributed by atoms with Crippen LogP contribution in [0.3, 0.4) is 0 Å². The van der Waals surface area contributed by atoms with Crippen LogP contribution in [0.2, 0.25) is 0 Å². The normalized spacial score (nSPS) is 24.8. The molecule has 4 nitrogen and oxygen atoms in total. The zero-order valence-corrected chi connectivity index (χ0v) is 11.4. The van der Waals surface area contributed by atoms with Crippen molar-refractivity contribution in [1.82, 2.24) is 10.2 Å². The van der Waals surface area contributed by atoms with E-state index in [4.69, 9.17) is 4.74 Å². The summed E-state index contributed by atoms with van der Waals surface area (Å²) in [5.74, 6) is 0.857. The highest BCUT2D eigenvalue weighted by molar-refractivity contribution is 7.15. The van der Waals surface area contributed by atoms with Gasteiger partial charge in [0.25, 0.3) is 0 Å². The van der Waals surface area contributed by atoms with Crippen LogP contribution in [0.15, 0.2) is 0 Å². The molecular formula is C12H21N3OS. The number of rotatable bonds is 5. The molecule has 0 radical (unpaired) electrons. The molecule has 2 rings (SSSR count). The first-order chi connectivity index (χ1) is 8.31. The van der Waals surface area contributed by atoms with Gasteiger partial charge in [0, 0.05) is 7.05 Å². The van der Waals surface area contributed by atoms with Crippen LogP contribution in [0, 0.1) is 5.92 Å². The molecule has 2 unspecified atom stereocenters. The smallest absolute Gasteiger partial charge is 0.205 e. The Balaban J connectivity index is 1.77. The van der Waals surface area contributed by atoms with Crippen molar-refractivity contribution in [2.24, 2.45) is 5.92 Å². The third kappa shape index (κ3) is 3.64. The highest BCUT2D eigenvalue weighted by Gasteiger charge is 2.21. The second kappa shape index (κ2) is 6.31. The lowest BCUT2D eigenvalue weighted by Crippen LogP contribution is -2.22. The highest BCUT2D eigenvalue weighted by Crippen LogP contribution is 2.29. The molecule has 2 atom stereocenters. The molecule has 0 bridgehead atoms. The highest BCUT2D eigenvalue weighted by atomic mass is 32.1. The Labute approximate surface area is 107 Å². The van der Waals surface area contributed by atoms with Crippen molar-refractivity contribution < 1.29 is 4.74 Å². The lowest BCUT2D eigenvalue weighted by molar-refractivity contribution is 0.00150. The van der Waals surface area contributed by atoms with E-state index in [1.165, 1.54) is 32.1 Å². The zero-order valence-electron chi connectivity index (χ0n) is 10.6. The first kappa shape index (κ1) is 12.8. The number of anilines is 1. The van der Waals surface area contributed by atoms with Crippen LogP contribution < -0.4 is 5.32 Å². The molecule has 96 valence electrons. The minimum absolute atomic E-state index is 0.427. The van der Waals surface area contributed by atoms with Gasteiger partial charge in [-0.05, 0) is 18.8 Å². The van der Waals surface area contributed by atoms with Gasteiger partial charge >= 0.3 is 0 Å².